The first kappa shape index (κ1) is 16.1. The van der Waals surface area contributed by atoms with Crippen molar-refractivity contribution >= 4 is 5.97 Å². The lowest BCUT2D eigenvalue weighted by atomic mass is 9.95. The van der Waals surface area contributed by atoms with Crippen LogP contribution >= 0.6 is 0 Å². The molecule has 0 fully saturated rings. The van der Waals surface area contributed by atoms with E-state index in [4.69, 9.17) is 18.9 Å². The van der Waals surface area contributed by atoms with Crippen molar-refractivity contribution in [3.63, 3.8) is 0 Å². The Bertz CT molecular complexity index is 479. The molecule has 0 atom stereocenters. The zero-order valence-electron chi connectivity index (χ0n) is 12.9. The van der Waals surface area contributed by atoms with Crippen molar-refractivity contribution in [2.24, 2.45) is 5.41 Å². The van der Waals surface area contributed by atoms with Gasteiger partial charge in [0.2, 0.25) is 5.75 Å². The topological polar surface area (TPSA) is 54.0 Å². The molecule has 0 aliphatic heterocycles. The Morgan fingerprint density at radius 3 is 2.25 bits per heavy atom. The quantitative estimate of drug-likeness (QED) is 0.751. The van der Waals surface area contributed by atoms with Crippen molar-refractivity contribution in [3.8, 4) is 17.2 Å². The van der Waals surface area contributed by atoms with Crippen molar-refractivity contribution in [1.29, 1.82) is 0 Å². The van der Waals surface area contributed by atoms with Gasteiger partial charge in [-0.15, -0.1) is 0 Å². The van der Waals surface area contributed by atoms with Crippen molar-refractivity contribution in [3.05, 3.63) is 17.7 Å². The van der Waals surface area contributed by atoms with Gasteiger partial charge < -0.3 is 18.9 Å². The third-order valence-corrected chi connectivity index (χ3v) is 3.01. The van der Waals surface area contributed by atoms with Gasteiger partial charge >= 0.3 is 5.97 Å². The first-order chi connectivity index (χ1) is 9.37. The Labute approximate surface area is 119 Å². The van der Waals surface area contributed by atoms with Crippen molar-refractivity contribution in [2.75, 3.05) is 27.9 Å². The van der Waals surface area contributed by atoms with Crippen LogP contribution in [0.3, 0.4) is 0 Å². The molecule has 0 amide bonds. The van der Waals surface area contributed by atoms with Gasteiger partial charge in [-0.3, -0.25) is 4.79 Å². The highest BCUT2D eigenvalue weighted by Gasteiger charge is 2.30. The minimum absolute atomic E-state index is 0.185. The molecule has 0 bridgehead atoms. The van der Waals surface area contributed by atoms with Crippen LogP contribution in [0, 0.1) is 12.3 Å². The highest BCUT2D eigenvalue weighted by Crippen LogP contribution is 2.40. The van der Waals surface area contributed by atoms with Crippen LogP contribution in [0.15, 0.2) is 12.1 Å². The molecule has 0 heterocycles. The number of rotatable bonds is 6. The lowest BCUT2D eigenvalue weighted by molar-refractivity contribution is -0.152. The maximum Gasteiger partial charge on any atom is 0.314 e. The molecule has 1 aromatic carbocycles. The zero-order chi connectivity index (χ0) is 15.3. The van der Waals surface area contributed by atoms with Crippen molar-refractivity contribution in [1.82, 2.24) is 0 Å². The van der Waals surface area contributed by atoms with Crippen LogP contribution in [0.4, 0.5) is 0 Å². The number of esters is 1. The highest BCUT2D eigenvalue weighted by atomic mass is 16.5. The van der Waals surface area contributed by atoms with E-state index in [0.717, 1.165) is 5.56 Å². The maximum atomic E-state index is 11.7. The zero-order valence-corrected chi connectivity index (χ0v) is 12.9. The number of benzene rings is 1. The van der Waals surface area contributed by atoms with E-state index in [1.807, 2.05) is 19.1 Å². The predicted octanol–water partition coefficient (Wildman–Crippen LogP) is 2.59. The maximum absolute atomic E-state index is 11.7. The van der Waals surface area contributed by atoms with Gasteiger partial charge in [-0.05, 0) is 32.4 Å². The summed E-state index contributed by atoms with van der Waals surface area (Å²) < 4.78 is 21.1. The SMILES string of the molecule is COC(=O)C(C)(C)COc1c(C)ccc(OC)c1OC. The summed E-state index contributed by atoms with van der Waals surface area (Å²) in [4.78, 5) is 11.7. The van der Waals surface area contributed by atoms with Gasteiger partial charge in [0.15, 0.2) is 11.5 Å². The molecule has 112 valence electrons. The normalized spacial score (nSPS) is 10.9. The fourth-order valence-electron chi connectivity index (χ4n) is 1.76. The van der Waals surface area contributed by atoms with Crippen molar-refractivity contribution < 1.29 is 23.7 Å². The van der Waals surface area contributed by atoms with E-state index in [1.165, 1.54) is 7.11 Å². The second-order valence-corrected chi connectivity index (χ2v) is 5.11. The summed E-state index contributed by atoms with van der Waals surface area (Å²) in [6, 6.07) is 3.69. The minimum Gasteiger partial charge on any atom is -0.493 e. The van der Waals surface area contributed by atoms with Crippen LogP contribution in [0.5, 0.6) is 17.2 Å². The Kier molecular flexibility index (Phi) is 5.25. The van der Waals surface area contributed by atoms with E-state index in [2.05, 4.69) is 0 Å². The molecule has 0 unspecified atom stereocenters. The van der Waals surface area contributed by atoms with E-state index in [-0.39, 0.29) is 12.6 Å². The molecule has 0 radical (unpaired) electrons. The highest BCUT2D eigenvalue weighted by molar-refractivity contribution is 5.76. The Morgan fingerprint density at radius 1 is 1.10 bits per heavy atom. The average Bonchev–Trinajstić information content (AvgIpc) is 2.44. The van der Waals surface area contributed by atoms with Crippen LogP contribution < -0.4 is 14.2 Å². The molecule has 0 spiro atoms. The van der Waals surface area contributed by atoms with Gasteiger partial charge in [-0.1, -0.05) is 6.07 Å². The molecule has 0 aromatic heterocycles. The van der Waals surface area contributed by atoms with Crippen LogP contribution in [0.1, 0.15) is 19.4 Å². The first-order valence-electron chi connectivity index (χ1n) is 6.30. The summed E-state index contributed by atoms with van der Waals surface area (Å²) in [6.45, 7) is 5.62. The molecule has 0 aliphatic rings. The van der Waals surface area contributed by atoms with Gasteiger partial charge in [0.1, 0.15) is 6.61 Å². The van der Waals surface area contributed by atoms with Crippen LogP contribution in [-0.4, -0.2) is 33.9 Å². The van der Waals surface area contributed by atoms with Gasteiger partial charge in [0.05, 0.1) is 26.7 Å². The molecule has 5 heteroatoms. The molecule has 0 aliphatic carbocycles. The third kappa shape index (κ3) is 3.35. The number of carbonyl (C=O) groups excluding carboxylic acids is 1. The van der Waals surface area contributed by atoms with Crippen LogP contribution in [0.2, 0.25) is 0 Å². The van der Waals surface area contributed by atoms with Crippen LogP contribution in [-0.2, 0) is 9.53 Å². The molecular formula is C15H22O5. The Balaban J connectivity index is 3.00. The fraction of sp³-hybridized carbons (Fsp3) is 0.533. The number of methoxy groups -OCH3 is 3. The second-order valence-electron chi connectivity index (χ2n) is 5.11. The largest absolute Gasteiger partial charge is 0.493 e. The van der Waals surface area contributed by atoms with Gasteiger partial charge in [0.25, 0.3) is 0 Å². The summed E-state index contributed by atoms with van der Waals surface area (Å²) in [5, 5.41) is 0. The standard InChI is InChI=1S/C15H22O5/c1-10-7-8-11(17-4)13(18-5)12(10)20-9-15(2,3)14(16)19-6/h7-8H,9H2,1-6H3. The van der Waals surface area contributed by atoms with E-state index in [0.29, 0.717) is 17.2 Å². The number of carbonyl (C=O) groups is 1. The Hall–Kier alpha value is -1.91. The van der Waals surface area contributed by atoms with E-state index < -0.39 is 5.41 Å². The van der Waals surface area contributed by atoms with Crippen LogP contribution in [0.25, 0.3) is 0 Å². The minimum atomic E-state index is -0.741. The lowest BCUT2D eigenvalue weighted by Crippen LogP contribution is -2.32. The molecular weight excluding hydrogens is 260 g/mol. The number of aryl methyl sites for hydroxylation is 1. The molecule has 0 saturated carbocycles. The van der Waals surface area contributed by atoms with Gasteiger partial charge in [-0.25, -0.2) is 0 Å². The summed E-state index contributed by atoms with van der Waals surface area (Å²) in [7, 11) is 4.48. The monoisotopic (exact) mass is 282 g/mol. The van der Waals surface area contributed by atoms with Gasteiger partial charge in [0, 0.05) is 0 Å². The number of ether oxygens (including phenoxy) is 4. The summed E-state index contributed by atoms with van der Waals surface area (Å²) in [5.74, 6) is 1.36. The summed E-state index contributed by atoms with van der Waals surface area (Å²) >= 11 is 0. The third-order valence-electron chi connectivity index (χ3n) is 3.01. The molecule has 20 heavy (non-hydrogen) atoms. The lowest BCUT2D eigenvalue weighted by Gasteiger charge is -2.23. The molecule has 0 saturated heterocycles. The number of hydrogen-bond acceptors (Lipinski definition) is 5. The molecule has 1 aromatic rings. The van der Waals surface area contributed by atoms with Crippen molar-refractivity contribution in [2.45, 2.75) is 20.8 Å². The molecule has 0 N–H and O–H groups in total. The van der Waals surface area contributed by atoms with Gasteiger partial charge in [-0.2, -0.15) is 0 Å². The summed E-state index contributed by atoms with van der Waals surface area (Å²) in [6.07, 6.45) is 0. The van der Waals surface area contributed by atoms with E-state index in [9.17, 15) is 4.79 Å². The van der Waals surface area contributed by atoms with E-state index in [1.54, 1.807) is 28.1 Å². The smallest absolute Gasteiger partial charge is 0.314 e. The molecule has 1 rings (SSSR count). The summed E-state index contributed by atoms with van der Waals surface area (Å²) in [5.41, 5.74) is 0.165. The fourth-order valence-corrected chi connectivity index (χ4v) is 1.76. The molecule has 5 nitrogen and oxygen atoms in total. The Morgan fingerprint density at radius 2 is 1.75 bits per heavy atom. The first-order valence-corrected chi connectivity index (χ1v) is 6.30. The average molecular weight is 282 g/mol. The number of hydrogen-bond donors (Lipinski definition) is 0. The predicted molar refractivity (Wildman–Crippen MR) is 75.6 cm³/mol. The van der Waals surface area contributed by atoms with E-state index >= 15 is 0 Å². The second kappa shape index (κ2) is 6.50.